The van der Waals surface area contributed by atoms with Gasteiger partial charge in [-0.1, -0.05) is 11.6 Å². The summed E-state index contributed by atoms with van der Waals surface area (Å²) in [6.07, 6.45) is 2.73. The van der Waals surface area contributed by atoms with Crippen molar-refractivity contribution in [1.29, 1.82) is 0 Å². The summed E-state index contributed by atoms with van der Waals surface area (Å²) >= 11 is 7.60. The van der Waals surface area contributed by atoms with E-state index in [0.29, 0.717) is 24.0 Å². The number of nitrogens with one attached hydrogen (secondary N) is 1. The second kappa shape index (κ2) is 7.13. The normalized spacial score (nSPS) is 12.1. The lowest BCUT2D eigenvalue weighted by Crippen LogP contribution is -2.06. The van der Waals surface area contributed by atoms with Crippen LogP contribution >= 0.6 is 24.2 Å². The highest BCUT2D eigenvalue weighted by molar-refractivity contribution is 7.97. The summed E-state index contributed by atoms with van der Waals surface area (Å²) in [7, 11) is 0. The predicted molar refractivity (Wildman–Crippen MR) is 85.3 cm³/mol. The molecule has 21 heavy (non-hydrogen) atoms. The molecule has 1 aromatic heterocycles. The largest absolute Gasteiger partial charge is 0.469 e. The first-order chi connectivity index (χ1) is 9.97. The first kappa shape index (κ1) is 16.1. The maximum Gasteiger partial charge on any atom is 0.259 e. The number of carbonyl (C=O) groups excluding carboxylic acids is 1. The molecule has 1 unspecified atom stereocenters. The molecular weight excluding hydrogens is 334 g/mol. The first-order valence-electron chi connectivity index (χ1n) is 5.93. The number of hydrogen-bond acceptors (Lipinski definition) is 3. The Kier molecular flexibility index (Phi) is 5.46. The van der Waals surface area contributed by atoms with E-state index in [0.717, 1.165) is 5.76 Å². The second-order valence-corrected chi connectivity index (χ2v) is 5.74. The van der Waals surface area contributed by atoms with Gasteiger partial charge in [-0.3, -0.25) is 14.1 Å². The van der Waals surface area contributed by atoms with Crippen molar-refractivity contribution in [2.45, 2.75) is 12.8 Å². The third-order valence-corrected chi connectivity index (χ3v) is 3.79. The standard InChI is InChI=1S/C13H12ClNO4S2/c14-11-6-8(3-4-9-2-1-5-19-9)10(13(16)20)7-12(11)15-21(17)18/h1-2,5-7,15H,3-4H2,(H,16,20)(H,17,18). The molecule has 2 N–H and O–H groups in total. The lowest BCUT2D eigenvalue weighted by molar-refractivity contribution is 0.109. The van der Waals surface area contributed by atoms with Gasteiger partial charge in [0.05, 0.1) is 17.0 Å². The number of thiol groups is 1. The molecule has 0 aliphatic carbocycles. The van der Waals surface area contributed by atoms with Crippen LogP contribution in [0.5, 0.6) is 0 Å². The van der Waals surface area contributed by atoms with Crippen LogP contribution in [0.4, 0.5) is 5.69 Å². The molecule has 5 nitrogen and oxygen atoms in total. The van der Waals surface area contributed by atoms with Crippen LogP contribution in [0.25, 0.3) is 0 Å². The van der Waals surface area contributed by atoms with Crippen LogP contribution < -0.4 is 4.72 Å². The maximum atomic E-state index is 11.6. The summed E-state index contributed by atoms with van der Waals surface area (Å²) in [5.74, 6) is 0.794. The van der Waals surface area contributed by atoms with Crippen molar-refractivity contribution in [2.24, 2.45) is 0 Å². The molecule has 2 rings (SSSR count). The lowest BCUT2D eigenvalue weighted by atomic mass is 10.0. The molecule has 0 bridgehead atoms. The van der Waals surface area contributed by atoms with Gasteiger partial charge < -0.3 is 4.42 Å². The fraction of sp³-hybridized carbons (Fsp3) is 0.154. The van der Waals surface area contributed by atoms with Gasteiger partial charge in [-0.2, -0.15) is 0 Å². The Hall–Kier alpha value is -1.28. The van der Waals surface area contributed by atoms with Crippen molar-refractivity contribution >= 4 is 46.3 Å². The van der Waals surface area contributed by atoms with Gasteiger partial charge in [-0.25, -0.2) is 4.21 Å². The summed E-state index contributed by atoms with van der Waals surface area (Å²) < 4.78 is 27.1. The van der Waals surface area contributed by atoms with Gasteiger partial charge in [0.1, 0.15) is 5.76 Å². The molecule has 0 radical (unpaired) electrons. The van der Waals surface area contributed by atoms with Crippen molar-refractivity contribution < 1.29 is 18.0 Å². The minimum absolute atomic E-state index is 0.205. The van der Waals surface area contributed by atoms with Gasteiger partial charge in [-0.05, 0) is 36.2 Å². The third-order valence-electron chi connectivity index (χ3n) is 2.84. The van der Waals surface area contributed by atoms with E-state index in [1.807, 2.05) is 6.07 Å². The molecule has 0 saturated heterocycles. The number of anilines is 1. The Bertz CT molecular complexity index is 673. The van der Waals surface area contributed by atoms with Crippen molar-refractivity contribution in [3.63, 3.8) is 0 Å². The van der Waals surface area contributed by atoms with Crippen LogP contribution in [0, 0.1) is 0 Å². The lowest BCUT2D eigenvalue weighted by Gasteiger charge is -2.11. The second-order valence-electron chi connectivity index (χ2n) is 4.22. The molecule has 0 amide bonds. The molecule has 1 atom stereocenters. The van der Waals surface area contributed by atoms with E-state index < -0.39 is 16.4 Å². The minimum Gasteiger partial charge on any atom is -0.469 e. The highest BCUT2D eigenvalue weighted by Gasteiger charge is 2.14. The highest BCUT2D eigenvalue weighted by atomic mass is 35.5. The van der Waals surface area contributed by atoms with Crippen LogP contribution in [-0.2, 0) is 24.1 Å². The van der Waals surface area contributed by atoms with E-state index in [-0.39, 0.29) is 10.7 Å². The van der Waals surface area contributed by atoms with Gasteiger partial charge in [0.2, 0.25) is 5.12 Å². The van der Waals surface area contributed by atoms with Crippen LogP contribution in [-0.4, -0.2) is 13.9 Å². The summed E-state index contributed by atoms with van der Waals surface area (Å²) in [4.78, 5) is 11.6. The van der Waals surface area contributed by atoms with Crippen molar-refractivity contribution in [3.8, 4) is 0 Å². The van der Waals surface area contributed by atoms with Gasteiger partial charge >= 0.3 is 0 Å². The molecular formula is C13H12ClNO4S2. The van der Waals surface area contributed by atoms with Crippen LogP contribution in [0.1, 0.15) is 21.7 Å². The molecule has 0 aliphatic rings. The molecule has 1 aromatic carbocycles. The van der Waals surface area contributed by atoms with Gasteiger partial charge in [0, 0.05) is 12.0 Å². The van der Waals surface area contributed by atoms with Crippen LogP contribution in [0.2, 0.25) is 5.02 Å². The molecule has 1 heterocycles. The Morgan fingerprint density at radius 2 is 2.19 bits per heavy atom. The summed E-state index contributed by atoms with van der Waals surface area (Å²) in [5, 5.41) is -0.182. The fourth-order valence-corrected chi connectivity index (χ4v) is 2.76. The molecule has 0 aliphatic heterocycles. The SMILES string of the molecule is O=C(S)c1cc(NS(=O)O)c(Cl)cc1CCc1ccco1. The molecule has 2 aromatic rings. The van der Waals surface area contributed by atoms with Crippen molar-refractivity contribution in [3.05, 3.63) is 52.4 Å². The van der Waals surface area contributed by atoms with E-state index in [9.17, 15) is 9.00 Å². The average molecular weight is 346 g/mol. The quantitative estimate of drug-likeness (QED) is 0.554. The Morgan fingerprint density at radius 3 is 2.76 bits per heavy atom. The number of rotatable bonds is 6. The molecule has 0 saturated carbocycles. The molecule has 112 valence electrons. The fourth-order valence-electron chi connectivity index (χ4n) is 1.91. The third kappa shape index (κ3) is 4.34. The Morgan fingerprint density at radius 1 is 1.43 bits per heavy atom. The predicted octanol–water partition coefficient (Wildman–Crippen LogP) is 3.34. The van der Waals surface area contributed by atoms with E-state index in [2.05, 4.69) is 17.4 Å². The number of aryl methyl sites for hydroxylation is 2. The topological polar surface area (TPSA) is 79.5 Å². The van der Waals surface area contributed by atoms with Crippen molar-refractivity contribution in [2.75, 3.05) is 4.72 Å². The maximum absolute atomic E-state index is 11.6. The monoisotopic (exact) mass is 345 g/mol. The highest BCUT2D eigenvalue weighted by Crippen LogP contribution is 2.28. The van der Waals surface area contributed by atoms with E-state index in [1.54, 1.807) is 18.4 Å². The molecule has 8 heteroatoms. The molecule has 0 fully saturated rings. The summed E-state index contributed by atoms with van der Waals surface area (Å²) in [6.45, 7) is 0. The van der Waals surface area contributed by atoms with Crippen molar-refractivity contribution in [1.82, 2.24) is 0 Å². The summed E-state index contributed by atoms with van der Waals surface area (Å²) in [6, 6.07) is 6.64. The zero-order valence-electron chi connectivity index (χ0n) is 10.7. The van der Waals surface area contributed by atoms with E-state index in [4.69, 9.17) is 20.6 Å². The minimum atomic E-state index is -2.27. The van der Waals surface area contributed by atoms with Crippen LogP contribution in [0.3, 0.4) is 0 Å². The van der Waals surface area contributed by atoms with Gasteiger partial charge in [0.25, 0.3) is 11.3 Å². The number of halogens is 1. The van der Waals surface area contributed by atoms with Gasteiger partial charge in [-0.15, -0.1) is 12.6 Å². The molecule has 0 spiro atoms. The zero-order chi connectivity index (χ0) is 15.4. The van der Waals surface area contributed by atoms with E-state index in [1.165, 1.54) is 6.07 Å². The smallest absolute Gasteiger partial charge is 0.259 e. The summed E-state index contributed by atoms with van der Waals surface area (Å²) in [5.41, 5.74) is 1.24. The average Bonchev–Trinajstić information content (AvgIpc) is 2.91. The number of carbonyl (C=O) groups is 1. The van der Waals surface area contributed by atoms with E-state index >= 15 is 0 Å². The van der Waals surface area contributed by atoms with Gasteiger partial charge in [0.15, 0.2) is 0 Å². The Balaban J connectivity index is 2.29. The number of furan rings is 1. The Labute approximate surface area is 134 Å². The zero-order valence-corrected chi connectivity index (χ0v) is 13.2. The van der Waals surface area contributed by atoms with Crippen LogP contribution in [0.15, 0.2) is 34.9 Å². The number of benzene rings is 1. The number of hydrogen-bond donors (Lipinski definition) is 3. The first-order valence-corrected chi connectivity index (χ1v) is 7.86.